The van der Waals surface area contributed by atoms with Gasteiger partial charge in [0.05, 0.1) is 5.92 Å². The minimum absolute atomic E-state index is 0.0528. The number of amides is 2. The summed E-state index contributed by atoms with van der Waals surface area (Å²) in [5, 5.41) is 0. The number of rotatable bonds is 1. The van der Waals surface area contributed by atoms with Gasteiger partial charge in [0.1, 0.15) is 11.6 Å². The van der Waals surface area contributed by atoms with Crippen molar-refractivity contribution in [3.8, 4) is 0 Å². The van der Waals surface area contributed by atoms with Gasteiger partial charge in [0.2, 0.25) is 11.8 Å². The topological polar surface area (TPSA) is 40.6 Å². The lowest BCUT2D eigenvalue weighted by Gasteiger charge is -2.31. The highest BCUT2D eigenvalue weighted by Gasteiger charge is 2.36. The Balaban J connectivity index is 1.79. The molecule has 0 radical (unpaired) electrons. The van der Waals surface area contributed by atoms with Crippen molar-refractivity contribution in [1.29, 1.82) is 0 Å². The summed E-state index contributed by atoms with van der Waals surface area (Å²) in [5.74, 6) is -1.48. The zero-order valence-corrected chi connectivity index (χ0v) is 11.7. The predicted octanol–water partition coefficient (Wildman–Crippen LogP) is 1.33. The van der Waals surface area contributed by atoms with Gasteiger partial charge in [-0.25, -0.2) is 8.78 Å². The molecule has 112 valence electrons. The zero-order valence-electron chi connectivity index (χ0n) is 11.7. The van der Waals surface area contributed by atoms with Crippen LogP contribution < -0.4 is 0 Å². The Morgan fingerprint density at radius 3 is 2.52 bits per heavy atom. The second-order valence-corrected chi connectivity index (χ2v) is 5.67. The van der Waals surface area contributed by atoms with E-state index in [1.54, 1.807) is 7.05 Å². The maximum atomic E-state index is 13.8. The molecule has 1 atom stereocenters. The Bertz CT molecular complexity index is 618. The number of nitrogens with zero attached hydrogens (tertiary/aromatic N) is 2. The second-order valence-electron chi connectivity index (χ2n) is 5.67. The molecule has 1 unspecified atom stereocenters. The van der Waals surface area contributed by atoms with Crippen LogP contribution in [0.1, 0.15) is 17.5 Å². The molecule has 0 aromatic heterocycles. The molecule has 2 amide bonds. The Morgan fingerprint density at radius 1 is 1.24 bits per heavy atom. The average molecular weight is 294 g/mol. The fraction of sp³-hybridized carbons (Fsp3) is 0.467. The normalized spacial score (nSPS) is 21.7. The molecule has 21 heavy (non-hydrogen) atoms. The summed E-state index contributed by atoms with van der Waals surface area (Å²) in [5.41, 5.74) is 0.617. The molecule has 1 fully saturated rings. The zero-order chi connectivity index (χ0) is 15.1. The minimum atomic E-state index is -0.483. The van der Waals surface area contributed by atoms with Crippen molar-refractivity contribution in [3.63, 3.8) is 0 Å². The minimum Gasteiger partial charge on any atom is -0.345 e. The van der Waals surface area contributed by atoms with Gasteiger partial charge in [-0.3, -0.25) is 9.59 Å². The largest absolute Gasteiger partial charge is 0.345 e. The molecule has 1 aromatic rings. The van der Waals surface area contributed by atoms with Gasteiger partial charge < -0.3 is 9.80 Å². The first-order valence-electron chi connectivity index (χ1n) is 6.96. The van der Waals surface area contributed by atoms with Crippen molar-refractivity contribution in [2.45, 2.75) is 19.4 Å². The molecule has 0 saturated carbocycles. The lowest BCUT2D eigenvalue weighted by atomic mass is 9.97. The molecule has 1 aromatic carbocycles. The Kier molecular flexibility index (Phi) is 3.39. The van der Waals surface area contributed by atoms with Gasteiger partial charge in [0, 0.05) is 38.7 Å². The van der Waals surface area contributed by atoms with Gasteiger partial charge in [-0.1, -0.05) is 0 Å². The maximum absolute atomic E-state index is 13.8. The molecule has 0 spiro atoms. The molecule has 0 bridgehead atoms. The van der Waals surface area contributed by atoms with E-state index in [4.69, 9.17) is 0 Å². The lowest BCUT2D eigenvalue weighted by molar-refractivity contribution is -0.136. The van der Waals surface area contributed by atoms with E-state index in [0.717, 1.165) is 12.1 Å². The standard InChI is InChI=1S/C15H16F2N2O2/c1-18-7-9(6-14(18)20)15(21)19-5-4-10-11(8-19)13(17)3-2-12(10)16/h2-3,9H,4-8H2,1H3. The summed E-state index contributed by atoms with van der Waals surface area (Å²) < 4.78 is 27.5. The highest BCUT2D eigenvalue weighted by atomic mass is 19.1. The highest BCUT2D eigenvalue weighted by molar-refractivity contribution is 5.89. The van der Waals surface area contributed by atoms with Crippen LogP contribution in [-0.2, 0) is 22.6 Å². The van der Waals surface area contributed by atoms with Crippen molar-refractivity contribution in [1.82, 2.24) is 9.80 Å². The Hall–Kier alpha value is -1.98. The van der Waals surface area contributed by atoms with Crippen LogP contribution in [0.2, 0.25) is 0 Å². The van der Waals surface area contributed by atoms with Crippen LogP contribution >= 0.6 is 0 Å². The van der Waals surface area contributed by atoms with Crippen LogP contribution in [0.15, 0.2) is 12.1 Å². The molecule has 0 aliphatic carbocycles. The van der Waals surface area contributed by atoms with Gasteiger partial charge in [0.25, 0.3) is 0 Å². The van der Waals surface area contributed by atoms with E-state index in [0.29, 0.717) is 25.1 Å². The van der Waals surface area contributed by atoms with Crippen molar-refractivity contribution in [2.24, 2.45) is 5.92 Å². The quantitative estimate of drug-likeness (QED) is 0.784. The SMILES string of the molecule is CN1CC(C(=O)N2CCc3c(F)ccc(F)c3C2)CC1=O. The van der Waals surface area contributed by atoms with Crippen LogP contribution in [0, 0.1) is 17.6 Å². The van der Waals surface area contributed by atoms with Crippen molar-refractivity contribution < 1.29 is 18.4 Å². The van der Waals surface area contributed by atoms with Gasteiger partial charge in [-0.05, 0) is 24.1 Å². The number of hydrogen-bond acceptors (Lipinski definition) is 2. The third kappa shape index (κ3) is 2.39. The van der Waals surface area contributed by atoms with Crippen molar-refractivity contribution in [2.75, 3.05) is 20.1 Å². The molecule has 0 N–H and O–H groups in total. The smallest absolute Gasteiger partial charge is 0.228 e. The molecule has 4 nitrogen and oxygen atoms in total. The third-order valence-electron chi connectivity index (χ3n) is 4.30. The molecule has 2 heterocycles. The van der Waals surface area contributed by atoms with E-state index in [2.05, 4.69) is 0 Å². The summed E-state index contributed by atoms with van der Waals surface area (Å²) in [6, 6.07) is 2.21. The van der Waals surface area contributed by atoms with Gasteiger partial charge in [-0.15, -0.1) is 0 Å². The average Bonchev–Trinajstić information content (AvgIpc) is 2.81. The predicted molar refractivity (Wildman–Crippen MR) is 71.2 cm³/mol. The van der Waals surface area contributed by atoms with E-state index in [-0.39, 0.29) is 36.3 Å². The summed E-state index contributed by atoms with van der Waals surface area (Å²) in [6.45, 7) is 0.833. The van der Waals surface area contributed by atoms with E-state index >= 15 is 0 Å². The van der Waals surface area contributed by atoms with Crippen LogP contribution in [0.25, 0.3) is 0 Å². The fourth-order valence-electron chi connectivity index (χ4n) is 3.07. The van der Waals surface area contributed by atoms with Crippen LogP contribution in [0.3, 0.4) is 0 Å². The van der Waals surface area contributed by atoms with E-state index in [1.165, 1.54) is 9.80 Å². The maximum Gasteiger partial charge on any atom is 0.228 e. The van der Waals surface area contributed by atoms with E-state index in [1.807, 2.05) is 0 Å². The summed E-state index contributed by atoms with van der Waals surface area (Å²) in [7, 11) is 1.66. The fourth-order valence-corrected chi connectivity index (χ4v) is 3.07. The molecule has 2 aliphatic heterocycles. The molecule has 6 heteroatoms. The van der Waals surface area contributed by atoms with Crippen LogP contribution in [-0.4, -0.2) is 41.8 Å². The number of fused-ring (bicyclic) bond motifs is 1. The lowest BCUT2D eigenvalue weighted by Crippen LogP contribution is -2.41. The molecular weight excluding hydrogens is 278 g/mol. The third-order valence-corrected chi connectivity index (χ3v) is 4.30. The first-order valence-corrected chi connectivity index (χ1v) is 6.96. The van der Waals surface area contributed by atoms with E-state index in [9.17, 15) is 18.4 Å². The summed E-state index contributed by atoms with van der Waals surface area (Å²) in [6.07, 6.45) is 0.505. The number of hydrogen-bond donors (Lipinski definition) is 0. The summed E-state index contributed by atoms with van der Waals surface area (Å²) >= 11 is 0. The highest BCUT2D eigenvalue weighted by Crippen LogP contribution is 2.27. The number of likely N-dealkylation sites (tertiary alicyclic amines) is 1. The van der Waals surface area contributed by atoms with Crippen LogP contribution in [0.4, 0.5) is 8.78 Å². The van der Waals surface area contributed by atoms with Gasteiger partial charge in [0.15, 0.2) is 0 Å². The van der Waals surface area contributed by atoms with E-state index < -0.39 is 11.6 Å². The second kappa shape index (κ2) is 5.09. The van der Waals surface area contributed by atoms with Gasteiger partial charge in [-0.2, -0.15) is 0 Å². The molecule has 1 saturated heterocycles. The first kappa shape index (κ1) is 14.0. The number of halogens is 2. The van der Waals surface area contributed by atoms with Crippen molar-refractivity contribution >= 4 is 11.8 Å². The van der Waals surface area contributed by atoms with Crippen LogP contribution in [0.5, 0.6) is 0 Å². The monoisotopic (exact) mass is 294 g/mol. The molecule has 3 rings (SSSR count). The number of carbonyl (C=O) groups excluding carboxylic acids is 2. The first-order chi connectivity index (χ1) is 9.97. The Labute approximate surface area is 121 Å². The Morgan fingerprint density at radius 2 is 1.90 bits per heavy atom. The van der Waals surface area contributed by atoms with Gasteiger partial charge >= 0.3 is 0 Å². The number of benzene rings is 1. The molecule has 2 aliphatic rings. The number of carbonyl (C=O) groups is 2. The summed E-state index contributed by atoms with van der Waals surface area (Å²) in [4.78, 5) is 27.0. The van der Waals surface area contributed by atoms with Crippen molar-refractivity contribution in [3.05, 3.63) is 34.9 Å². The molecular formula is C15H16F2N2O2.